The van der Waals surface area contributed by atoms with Crippen molar-refractivity contribution in [2.45, 2.75) is 44.3 Å². The van der Waals surface area contributed by atoms with E-state index >= 15 is 0 Å². The second-order valence-corrected chi connectivity index (χ2v) is 4.17. The van der Waals surface area contributed by atoms with Crippen LogP contribution in [-0.4, -0.2) is 21.3 Å². The van der Waals surface area contributed by atoms with Crippen LogP contribution in [-0.2, 0) is 4.79 Å². The van der Waals surface area contributed by atoms with Gasteiger partial charge in [0.25, 0.3) is 0 Å². The van der Waals surface area contributed by atoms with E-state index in [1.807, 2.05) is 0 Å². The van der Waals surface area contributed by atoms with E-state index in [1.165, 1.54) is 25.7 Å². The van der Waals surface area contributed by atoms with Gasteiger partial charge in [-0.1, -0.05) is 37.9 Å². The number of thioether (sulfide) groups is 1. The molecule has 66 valence electrons. The van der Waals surface area contributed by atoms with Crippen molar-refractivity contribution in [2.75, 3.05) is 0 Å². The maximum absolute atomic E-state index is 10.5. The summed E-state index contributed by atoms with van der Waals surface area (Å²) in [6, 6.07) is 0. The summed E-state index contributed by atoms with van der Waals surface area (Å²) in [5.74, 6) is 0. The van der Waals surface area contributed by atoms with Gasteiger partial charge in [0.15, 0.2) is 5.12 Å². The van der Waals surface area contributed by atoms with Gasteiger partial charge in [0.05, 0.1) is 0 Å². The van der Waals surface area contributed by atoms with Gasteiger partial charge in [-0.15, -0.1) is 0 Å². The number of carbonyl (C=O) groups is 1. The number of hydrogen-bond donors (Lipinski definition) is 0. The molecule has 1 heterocycles. The summed E-state index contributed by atoms with van der Waals surface area (Å²) in [6.45, 7) is 2.21. The average Bonchev–Trinajstić information content (AvgIpc) is 1.85. The zero-order chi connectivity index (χ0) is 7.40. The second kappa shape index (κ2) is 5.83. The Morgan fingerprint density at radius 2 is 2.18 bits per heavy atom. The van der Waals surface area contributed by atoms with Crippen LogP contribution in [0.25, 0.3) is 0 Å². The molecule has 0 saturated carbocycles. The quantitative estimate of drug-likeness (QED) is 0.489. The zero-order valence-electron chi connectivity index (χ0n) is 6.43. The van der Waals surface area contributed by atoms with E-state index < -0.39 is 0 Å². The highest BCUT2D eigenvalue weighted by Gasteiger charge is 2.26. The lowest BCUT2D eigenvalue weighted by Crippen LogP contribution is -2.20. The molecule has 1 fully saturated rings. The fraction of sp³-hybridized carbons (Fsp3) is 0.875. The van der Waals surface area contributed by atoms with Crippen molar-refractivity contribution in [1.29, 1.82) is 0 Å². The molecule has 1 atom stereocenters. The Labute approximate surface area is 77.3 Å². The molecule has 11 heavy (non-hydrogen) atoms. The van der Waals surface area contributed by atoms with E-state index in [1.54, 1.807) is 11.8 Å². The van der Waals surface area contributed by atoms with E-state index in [0.29, 0.717) is 10.4 Å². The van der Waals surface area contributed by atoms with Gasteiger partial charge in [0, 0.05) is 11.7 Å². The monoisotopic (exact) mass is 190 g/mol. The highest BCUT2D eigenvalue weighted by Crippen LogP contribution is 2.33. The highest BCUT2D eigenvalue weighted by molar-refractivity contribution is 8.16. The molecule has 1 aliphatic heterocycles. The van der Waals surface area contributed by atoms with E-state index in [2.05, 4.69) is 6.92 Å². The van der Waals surface area contributed by atoms with Crippen molar-refractivity contribution >= 4 is 27.8 Å². The van der Waals surface area contributed by atoms with Gasteiger partial charge >= 0.3 is 0 Å². The van der Waals surface area contributed by atoms with Gasteiger partial charge in [-0.25, -0.2) is 0 Å². The Bertz CT molecular complexity index is 119. The van der Waals surface area contributed by atoms with Crippen LogP contribution in [0.1, 0.15) is 39.0 Å². The first-order valence-corrected chi connectivity index (χ1v) is 4.90. The van der Waals surface area contributed by atoms with Crippen LogP contribution in [0, 0.1) is 0 Å². The minimum absolute atomic E-state index is 0. The van der Waals surface area contributed by atoms with Gasteiger partial charge < -0.3 is 0 Å². The lowest BCUT2D eigenvalue weighted by Gasteiger charge is -2.22. The Balaban J connectivity index is 0.000001000. The van der Waals surface area contributed by atoms with Crippen LogP contribution in [0.4, 0.5) is 0 Å². The first-order valence-electron chi connectivity index (χ1n) is 4.02. The molecule has 1 aliphatic rings. The van der Waals surface area contributed by atoms with Gasteiger partial charge in [-0.05, 0) is 17.4 Å². The fourth-order valence-corrected chi connectivity index (χ4v) is 2.04. The van der Waals surface area contributed by atoms with Crippen molar-refractivity contribution in [2.24, 2.45) is 0 Å². The van der Waals surface area contributed by atoms with Gasteiger partial charge in [0.2, 0.25) is 0 Å². The molecule has 0 radical (unpaired) electrons. The third kappa shape index (κ3) is 3.96. The van der Waals surface area contributed by atoms with Crippen LogP contribution >= 0.6 is 11.8 Å². The smallest absolute Gasteiger partial charge is 0.190 e. The SMILES string of the molecule is CCCCCC1CC(=O)S1.[SiH4]. The summed E-state index contributed by atoms with van der Waals surface area (Å²) in [5.41, 5.74) is 0. The zero-order valence-corrected chi connectivity index (χ0v) is 7.25. The molecule has 0 spiro atoms. The molecule has 0 aromatic heterocycles. The average molecular weight is 190 g/mol. The van der Waals surface area contributed by atoms with Crippen LogP contribution in [0.15, 0.2) is 0 Å². The largest absolute Gasteiger partial charge is 0.287 e. The molecule has 0 aromatic rings. The number of carbonyl (C=O) groups excluding carboxylic acids is 1. The first kappa shape index (κ1) is 11.2. The molecule has 0 bridgehead atoms. The summed E-state index contributed by atoms with van der Waals surface area (Å²) in [6.07, 6.45) is 6.01. The molecule has 1 saturated heterocycles. The van der Waals surface area contributed by atoms with Crippen molar-refractivity contribution in [3.8, 4) is 0 Å². The molecule has 0 aromatic carbocycles. The van der Waals surface area contributed by atoms with Crippen LogP contribution in [0.5, 0.6) is 0 Å². The molecule has 0 N–H and O–H groups in total. The lowest BCUT2D eigenvalue weighted by molar-refractivity contribution is -0.112. The molecule has 1 unspecified atom stereocenters. The summed E-state index contributed by atoms with van der Waals surface area (Å²) in [5, 5.41) is 1.07. The predicted molar refractivity (Wildman–Crippen MR) is 56.5 cm³/mol. The van der Waals surface area contributed by atoms with E-state index in [4.69, 9.17) is 0 Å². The number of rotatable bonds is 4. The molecule has 1 nitrogen and oxygen atoms in total. The highest BCUT2D eigenvalue weighted by atomic mass is 32.2. The maximum atomic E-state index is 10.5. The van der Waals surface area contributed by atoms with Crippen molar-refractivity contribution in [1.82, 2.24) is 0 Å². The fourth-order valence-electron chi connectivity index (χ4n) is 1.15. The van der Waals surface area contributed by atoms with Gasteiger partial charge in [-0.3, -0.25) is 4.79 Å². The standard InChI is InChI=1S/C8H14OS.H4Si/c1-2-3-4-5-7-6-8(9)10-7;/h7H,2-6H2,1H3;1H4. The van der Waals surface area contributed by atoms with E-state index in [-0.39, 0.29) is 11.0 Å². The molecular weight excluding hydrogens is 172 g/mol. The normalized spacial score (nSPS) is 22.3. The summed E-state index contributed by atoms with van der Waals surface area (Å²) in [4.78, 5) is 10.5. The maximum Gasteiger partial charge on any atom is 0.190 e. The van der Waals surface area contributed by atoms with Crippen LogP contribution in [0.3, 0.4) is 0 Å². The summed E-state index contributed by atoms with van der Waals surface area (Å²) < 4.78 is 0. The third-order valence-electron chi connectivity index (χ3n) is 1.82. The molecular formula is C8H18OSSi. The second-order valence-electron chi connectivity index (χ2n) is 2.81. The summed E-state index contributed by atoms with van der Waals surface area (Å²) >= 11 is 1.54. The van der Waals surface area contributed by atoms with Gasteiger partial charge in [0.1, 0.15) is 0 Å². The van der Waals surface area contributed by atoms with Crippen molar-refractivity contribution in [3.63, 3.8) is 0 Å². The number of hydrogen-bond acceptors (Lipinski definition) is 2. The molecule has 3 heteroatoms. The van der Waals surface area contributed by atoms with Crippen LogP contribution in [0.2, 0.25) is 0 Å². The van der Waals surface area contributed by atoms with E-state index in [9.17, 15) is 4.79 Å². The Hall–Kier alpha value is 0.237. The van der Waals surface area contributed by atoms with E-state index in [0.717, 1.165) is 6.42 Å². The Morgan fingerprint density at radius 3 is 2.64 bits per heavy atom. The Kier molecular flexibility index (Phi) is 5.96. The number of unbranched alkanes of at least 4 members (excludes halogenated alkanes) is 2. The third-order valence-corrected chi connectivity index (χ3v) is 2.99. The van der Waals surface area contributed by atoms with Crippen LogP contribution < -0.4 is 0 Å². The molecule has 0 aliphatic carbocycles. The predicted octanol–water partition coefficient (Wildman–Crippen LogP) is 1.15. The minimum atomic E-state index is 0. The first-order chi connectivity index (χ1) is 4.83. The minimum Gasteiger partial charge on any atom is -0.287 e. The molecule has 0 amide bonds. The molecule has 1 rings (SSSR count). The van der Waals surface area contributed by atoms with Crippen molar-refractivity contribution < 1.29 is 4.79 Å². The topological polar surface area (TPSA) is 17.1 Å². The lowest BCUT2D eigenvalue weighted by atomic mass is 10.1. The van der Waals surface area contributed by atoms with Gasteiger partial charge in [-0.2, -0.15) is 0 Å². The van der Waals surface area contributed by atoms with Crippen molar-refractivity contribution in [3.05, 3.63) is 0 Å². The Morgan fingerprint density at radius 1 is 1.55 bits per heavy atom. The summed E-state index contributed by atoms with van der Waals surface area (Å²) in [7, 11) is 0.